The Kier molecular flexibility index (Phi) is 24.3. The average Bonchev–Trinajstić information content (AvgIpc) is 3.01. The van der Waals surface area contributed by atoms with Crippen LogP contribution in [0.25, 0.3) is 0 Å². The topological polar surface area (TPSA) is 304 Å². The highest BCUT2D eigenvalue weighted by molar-refractivity contribution is 5.94. The van der Waals surface area contributed by atoms with Crippen LogP contribution in [0.3, 0.4) is 0 Å². The fourth-order valence-electron chi connectivity index (χ4n) is 4.04. The van der Waals surface area contributed by atoms with Gasteiger partial charge in [0.1, 0.15) is 18.1 Å². The Morgan fingerprint density at radius 2 is 1.20 bits per heavy atom. The molecule has 3 amide bonds. The summed E-state index contributed by atoms with van der Waals surface area (Å²) in [6.45, 7) is 1.10. The number of halogens is 3. The number of aliphatic carboxylic acids is 2. The summed E-state index contributed by atoms with van der Waals surface area (Å²) in [5, 5.41) is 24.7. The van der Waals surface area contributed by atoms with E-state index in [9.17, 15) is 37.5 Å². The van der Waals surface area contributed by atoms with Crippen LogP contribution in [0.1, 0.15) is 64.4 Å². The van der Waals surface area contributed by atoms with E-state index in [-0.39, 0.29) is 39.2 Å². The third-order valence-electron chi connectivity index (χ3n) is 6.60. The Bertz CT molecular complexity index is 1170. The Labute approximate surface area is 283 Å². The number of nitrogens with one attached hydrogen (secondary N) is 3. The number of nitrogens with zero attached hydrogens (tertiary/aromatic N) is 1. The number of alkyl halides is 3. The molecule has 1 rings (SSSR count). The van der Waals surface area contributed by atoms with E-state index in [1.807, 2.05) is 6.07 Å². The summed E-state index contributed by atoms with van der Waals surface area (Å²) in [5.41, 5.74) is 28.5. The second kappa shape index (κ2) is 25.5. The van der Waals surface area contributed by atoms with E-state index in [4.69, 9.17) is 38.6 Å². The van der Waals surface area contributed by atoms with Gasteiger partial charge in [0.15, 0.2) is 5.96 Å². The maximum atomic E-state index is 13.4. The van der Waals surface area contributed by atoms with E-state index in [2.05, 4.69) is 20.9 Å². The van der Waals surface area contributed by atoms with Crippen molar-refractivity contribution in [2.45, 2.75) is 95.6 Å². The largest absolute Gasteiger partial charge is 0.490 e. The standard InChI is InChI=1S/C27H47N9O5.C2HF3O2.CH4/c28-14-6-4-11-19(30)23(37)34-20(13-8-16-33-27(31)32)24(38)36-22(17-18-9-2-1-3-10-18)25(39)35-21(26(40)41)12-5-7-15-29;3-2(4,5)1(6)7;/h1-3,9-10,19-22H,4-8,11-17,28-30H2,(H,34,37)(H,35,39)(H,36,38)(H,40,41)(H4,31,32,33);(H,6,7);1H4/t19-,20-,21-,22-;;/m0../s1. The van der Waals surface area contributed by atoms with E-state index in [1.165, 1.54) is 0 Å². The molecule has 0 saturated carbocycles. The third kappa shape index (κ3) is 21.9. The molecule has 0 heterocycles. The quantitative estimate of drug-likeness (QED) is 0.0447. The molecular weight excluding hydrogens is 655 g/mol. The number of carbonyl (C=O) groups excluding carboxylic acids is 3. The highest BCUT2D eigenvalue weighted by Crippen LogP contribution is 2.13. The highest BCUT2D eigenvalue weighted by Gasteiger charge is 2.38. The lowest BCUT2D eigenvalue weighted by molar-refractivity contribution is -0.192. The fourth-order valence-corrected chi connectivity index (χ4v) is 4.04. The first-order chi connectivity index (χ1) is 22.5. The van der Waals surface area contributed by atoms with Gasteiger partial charge in [-0.3, -0.25) is 19.4 Å². The van der Waals surface area contributed by atoms with Crippen LogP contribution in [0.4, 0.5) is 13.2 Å². The smallest absolute Gasteiger partial charge is 0.480 e. The Morgan fingerprint density at radius 3 is 1.69 bits per heavy atom. The molecule has 15 N–H and O–H groups in total. The number of rotatable bonds is 21. The molecule has 1 aromatic carbocycles. The van der Waals surface area contributed by atoms with Gasteiger partial charge in [0.25, 0.3) is 0 Å². The van der Waals surface area contributed by atoms with E-state index < -0.39 is 60.0 Å². The molecule has 0 aliphatic carbocycles. The number of carboxylic acids is 2. The fraction of sp³-hybridized carbons (Fsp3) is 0.600. The molecule has 16 nitrogen and oxygen atoms in total. The van der Waals surface area contributed by atoms with Gasteiger partial charge < -0.3 is 54.8 Å². The monoisotopic (exact) mass is 707 g/mol. The predicted molar refractivity (Wildman–Crippen MR) is 178 cm³/mol. The zero-order chi connectivity index (χ0) is 36.7. The number of aliphatic imine (C=N–C) groups is 1. The summed E-state index contributed by atoms with van der Waals surface area (Å²) < 4.78 is 31.7. The highest BCUT2D eigenvalue weighted by atomic mass is 19.4. The van der Waals surface area contributed by atoms with Crippen molar-refractivity contribution in [2.24, 2.45) is 33.7 Å². The summed E-state index contributed by atoms with van der Waals surface area (Å²) in [6.07, 6.45) is -1.39. The molecular formula is C30H52F3N9O7. The molecule has 49 heavy (non-hydrogen) atoms. The zero-order valence-electron chi connectivity index (χ0n) is 26.6. The van der Waals surface area contributed by atoms with Crippen molar-refractivity contribution in [3.63, 3.8) is 0 Å². The lowest BCUT2D eigenvalue weighted by Gasteiger charge is -2.25. The van der Waals surface area contributed by atoms with Gasteiger partial charge in [-0.2, -0.15) is 13.2 Å². The van der Waals surface area contributed by atoms with Gasteiger partial charge in [-0.15, -0.1) is 0 Å². The first-order valence-electron chi connectivity index (χ1n) is 15.2. The molecule has 19 heteroatoms. The second-order valence-corrected chi connectivity index (χ2v) is 10.6. The van der Waals surface area contributed by atoms with Gasteiger partial charge in [-0.25, -0.2) is 9.59 Å². The number of carboxylic acid groups (broad SMARTS) is 2. The predicted octanol–water partition coefficient (Wildman–Crippen LogP) is -0.324. The molecule has 280 valence electrons. The molecule has 0 spiro atoms. The minimum atomic E-state index is -5.08. The molecule has 0 aromatic heterocycles. The SMILES string of the molecule is C.NCCCC[C@H](NC(=O)[C@H](Cc1ccccc1)NC(=O)[C@H](CCCN=C(N)N)NC(=O)[C@@H](N)CCCCN)C(=O)O.O=C(O)C(F)(F)F. The van der Waals surface area contributed by atoms with Crippen molar-refractivity contribution < 1.29 is 47.4 Å². The number of unbranched alkanes of at least 4 members (excludes halogenated alkanes) is 2. The summed E-state index contributed by atoms with van der Waals surface area (Å²) in [6, 6.07) is 4.83. The molecule has 0 aliphatic rings. The minimum absolute atomic E-state index is 0. The maximum absolute atomic E-state index is 13.4. The second-order valence-electron chi connectivity index (χ2n) is 10.6. The van der Waals surface area contributed by atoms with Crippen LogP contribution in [0, 0.1) is 0 Å². The lowest BCUT2D eigenvalue weighted by atomic mass is 10.0. The van der Waals surface area contributed by atoms with Crippen LogP contribution in [0.5, 0.6) is 0 Å². The van der Waals surface area contributed by atoms with Crippen LogP contribution in [0.15, 0.2) is 35.3 Å². The average molecular weight is 708 g/mol. The normalized spacial score (nSPS) is 13.1. The summed E-state index contributed by atoms with van der Waals surface area (Å²) in [4.78, 5) is 64.1. The number of amides is 3. The first-order valence-corrected chi connectivity index (χ1v) is 15.2. The molecule has 0 radical (unpaired) electrons. The molecule has 4 atom stereocenters. The number of hydrogen-bond donors (Lipinski definition) is 10. The molecule has 0 unspecified atom stereocenters. The van der Waals surface area contributed by atoms with Crippen molar-refractivity contribution in [3.8, 4) is 0 Å². The zero-order valence-corrected chi connectivity index (χ0v) is 26.6. The lowest BCUT2D eigenvalue weighted by Crippen LogP contribution is -2.57. The van der Waals surface area contributed by atoms with Crippen molar-refractivity contribution in [3.05, 3.63) is 35.9 Å². The molecule has 0 bridgehead atoms. The Morgan fingerprint density at radius 1 is 0.735 bits per heavy atom. The van der Waals surface area contributed by atoms with Gasteiger partial charge in [-0.1, -0.05) is 44.2 Å². The minimum Gasteiger partial charge on any atom is -0.480 e. The molecule has 0 saturated heterocycles. The third-order valence-corrected chi connectivity index (χ3v) is 6.60. The van der Waals surface area contributed by atoms with Crippen LogP contribution in [-0.4, -0.2) is 95.8 Å². The van der Waals surface area contributed by atoms with Crippen molar-refractivity contribution in [1.82, 2.24) is 16.0 Å². The van der Waals surface area contributed by atoms with Crippen LogP contribution >= 0.6 is 0 Å². The molecule has 0 aliphatic heterocycles. The van der Waals surface area contributed by atoms with Crippen LogP contribution < -0.4 is 44.6 Å². The number of benzene rings is 1. The van der Waals surface area contributed by atoms with Crippen LogP contribution in [-0.2, 0) is 30.4 Å². The summed E-state index contributed by atoms with van der Waals surface area (Å²) in [5.74, 6) is -5.84. The van der Waals surface area contributed by atoms with Crippen molar-refractivity contribution >= 4 is 35.6 Å². The Hall–Kier alpha value is -4.49. The number of carbonyl (C=O) groups is 5. The number of hydrogen-bond acceptors (Lipinski definition) is 9. The maximum Gasteiger partial charge on any atom is 0.490 e. The van der Waals surface area contributed by atoms with Gasteiger partial charge in [0, 0.05) is 13.0 Å². The van der Waals surface area contributed by atoms with E-state index in [0.717, 1.165) is 5.56 Å². The Balaban J connectivity index is 0. The summed E-state index contributed by atoms with van der Waals surface area (Å²) >= 11 is 0. The van der Waals surface area contributed by atoms with Crippen LogP contribution in [0.2, 0.25) is 0 Å². The molecule has 0 fully saturated rings. The summed E-state index contributed by atoms with van der Waals surface area (Å²) in [7, 11) is 0. The van der Waals surface area contributed by atoms with Crippen molar-refractivity contribution in [2.75, 3.05) is 19.6 Å². The van der Waals surface area contributed by atoms with E-state index in [1.54, 1.807) is 24.3 Å². The molecule has 1 aromatic rings. The van der Waals surface area contributed by atoms with Gasteiger partial charge >= 0.3 is 18.1 Å². The number of nitrogens with two attached hydrogens (primary N) is 5. The van der Waals surface area contributed by atoms with Gasteiger partial charge in [0.05, 0.1) is 6.04 Å². The van der Waals surface area contributed by atoms with E-state index >= 15 is 0 Å². The van der Waals surface area contributed by atoms with Crippen molar-refractivity contribution in [1.29, 1.82) is 0 Å². The van der Waals surface area contributed by atoms with E-state index in [0.29, 0.717) is 51.6 Å². The van der Waals surface area contributed by atoms with Gasteiger partial charge in [0.2, 0.25) is 17.7 Å². The first kappa shape index (κ1) is 46.6. The number of guanidine groups is 1. The van der Waals surface area contributed by atoms with Gasteiger partial charge in [-0.05, 0) is 63.6 Å².